The van der Waals surface area contributed by atoms with Crippen LogP contribution in [-0.4, -0.2) is 19.3 Å². The molecule has 10 aromatic rings. The van der Waals surface area contributed by atoms with Crippen LogP contribution in [0.1, 0.15) is 37.5 Å². The standard InChI is InChI=1S/C56H46N4O/c1-37-29-44(40-15-10-7-11-16-40)30-38(2)55(37)43-27-28-57-54(31-43)60-52-26-23-46(56(3,4)5)32-51(52)50-25-24-49(34-53(50)60)61-48-18-12-17-47(33-48)59-36-45(35-58-59)42-21-19-41(20-22-42)39-13-8-6-9-14-39/h6-36H,1-5H3. The number of aryl methyl sites for hydroxylation is 2. The van der Waals surface area contributed by atoms with E-state index >= 15 is 0 Å². The van der Waals surface area contributed by atoms with E-state index in [4.69, 9.17) is 14.8 Å². The number of aromatic nitrogens is 4. The van der Waals surface area contributed by atoms with Gasteiger partial charge in [0.2, 0.25) is 0 Å². The lowest BCUT2D eigenvalue weighted by atomic mass is 9.86. The van der Waals surface area contributed by atoms with Crippen LogP contribution in [0.5, 0.6) is 11.5 Å². The molecule has 61 heavy (non-hydrogen) atoms. The van der Waals surface area contributed by atoms with Crippen LogP contribution in [0.2, 0.25) is 0 Å². The molecule has 0 aliphatic carbocycles. The summed E-state index contributed by atoms with van der Waals surface area (Å²) in [6.45, 7) is 11.2. The number of hydrogen-bond acceptors (Lipinski definition) is 3. The first-order valence-electron chi connectivity index (χ1n) is 20.9. The lowest BCUT2D eigenvalue weighted by Gasteiger charge is -2.19. The molecule has 0 saturated heterocycles. The third-order valence-corrected chi connectivity index (χ3v) is 11.7. The van der Waals surface area contributed by atoms with Crippen molar-refractivity contribution in [1.82, 2.24) is 19.3 Å². The van der Waals surface area contributed by atoms with E-state index in [1.807, 2.05) is 47.4 Å². The van der Waals surface area contributed by atoms with Crippen LogP contribution in [0.4, 0.5) is 0 Å². The summed E-state index contributed by atoms with van der Waals surface area (Å²) in [5, 5.41) is 7.07. The van der Waals surface area contributed by atoms with E-state index in [1.54, 1.807) is 0 Å². The summed E-state index contributed by atoms with van der Waals surface area (Å²) in [6, 6.07) is 59.9. The van der Waals surface area contributed by atoms with Gasteiger partial charge in [-0.05, 0) is 123 Å². The zero-order valence-corrected chi connectivity index (χ0v) is 35.1. The van der Waals surface area contributed by atoms with Gasteiger partial charge < -0.3 is 4.74 Å². The maximum Gasteiger partial charge on any atom is 0.138 e. The first-order valence-corrected chi connectivity index (χ1v) is 20.9. The maximum atomic E-state index is 6.66. The zero-order chi connectivity index (χ0) is 41.7. The van der Waals surface area contributed by atoms with Crippen molar-refractivity contribution in [3.8, 4) is 67.5 Å². The third-order valence-electron chi connectivity index (χ3n) is 11.7. The molecule has 0 fully saturated rings. The molecule has 0 amide bonds. The normalized spacial score (nSPS) is 11.7. The molecule has 0 atom stereocenters. The number of rotatable bonds is 8. The highest BCUT2D eigenvalue weighted by Crippen LogP contribution is 2.39. The number of fused-ring (bicyclic) bond motifs is 3. The van der Waals surface area contributed by atoms with Crippen LogP contribution >= 0.6 is 0 Å². The summed E-state index contributed by atoms with van der Waals surface area (Å²) in [5.41, 5.74) is 16.2. The predicted octanol–water partition coefficient (Wildman–Crippen LogP) is 14.7. The Labute approximate surface area is 357 Å². The average Bonchev–Trinajstić information content (AvgIpc) is 3.90. The van der Waals surface area contributed by atoms with Gasteiger partial charge in [-0.3, -0.25) is 4.57 Å². The molecule has 0 bridgehead atoms. The Kier molecular flexibility index (Phi) is 9.45. The largest absolute Gasteiger partial charge is 0.457 e. The minimum atomic E-state index is -0.00184. The topological polar surface area (TPSA) is 44.9 Å². The van der Waals surface area contributed by atoms with Gasteiger partial charge in [-0.1, -0.05) is 130 Å². The van der Waals surface area contributed by atoms with Gasteiger partial charge in [0.05, 0.1) is 22.9 Å². The Morgan fingerprint density at radius 3 is 1.85 bits per heavy atom. The highest BCUT2D eigenvalue weighted by atomic mass is 16.5. The third kappa shape index (κ3) is 7.29. The Morgan fingerprint density at radius 2 is 1.15 bits per heavy atom. The molecule has 5 nitrogen and oxygen atoms in total. The predicted molar refractivity (Wildman–Crippen MR) is 252 cm³/mol. The summed E-state index contributed by atoms with van der Waals surface area (Å²) >= 11 is 0. The SMILES string of the molecule is Cc1cc(-c2ccccc2)cc(C)c1-c1ccnc(-n2c3ccc(C(C)(C)C)cc3c3ccc(Oc4cccc(-n5cc(-c6ccc(-c7ccccc7)cc6)cn5)c4)cc32)c1. The fourth-order valence-electron chi connectivity index (χ4n) is 8.61. The van der Waals surface area contributed by atoms with E-state index in [0.717, 1.165) is 56.1 Å². The molecule has 0 aliphatic rings. The van der Waals surface area contributed by atoms with Crippen LogP contribution in [0, 0.1) is 13.8 Å². The smallest absolute Gasteiger partial charge is 0.138 e. The first kappa shape index (κ1) is 37.7. The number of hydrogen-bond donors (Lipinski definition) is 0. The fraction of sp³-hybridized carbons (Fsp3) is 0.107. The number of benzene rings is 7. The molecule has 0 saturated carbocycles. The summed E-state index contributed by atoms with van der Waals surface area (Å²) in [7, 11) is 0. The minimum absolute atomic E-state index is 0.00184. The monoisotopic (exact) mass is 790 g/mol. The molecule has 0 N–H and O–H groups in total. The van der Waals surface area contributed by atoms with Gasteiger partial charge in [0, 0.05) is 40.9 Å². The Bertz CT molecular complexity index is 3180. The van der Waals surface area contributed by atoms with Crippen molar-refractivity contribution in [2.45, 2.75) is 40.0 Å². The van der Waals surface area contributed by atoms with Crippen LogP contribution < -0.4 is 4.74 Å². The second-order valence-electron chi connectivity index (χ2n) is 17.0. The van der Waals surface area contributed by atoms with E-state index in [0.29, 0.717) is 0 Å². The van der Waals surface area contributed by atoms with Gasteiger partial charge in [0.25, 0.3) is 0 Å². The van der Waals surface area contributed by atoms with Gasteiger partial charge in [-0.25, -0.2) is 9.67 Å². The van der Waals surface area contributed by atoms with Gasteiger partial charge in [0.15, 0.2) is 0 Å². The van der Waals surface area contributed by atoms with Gasteiger partial charge in [-0.2, -0.15) is 5.10 Å². The van der Waals surface area contributed by atoms with E-state index in [9.17, 15) is 0 Å². The molecule has 0 radical (unpaired) electrons. The van der Waals surface area contributed by atoms with Gasteiger partial charge >= 0.3 is 0 Å². The van der Waals surface area contributed by atoms with Crippen molar-refractivity contribution < 1.29 is 4.74 Å². The van der Waals surface area contributed by atoms with Gasteiger partial charge in [0.1, 0.15) is 17.3 Å². The maximum absolute atomic E-state index is 6.66. The number of pyridine rings is 1. The molecule has 0 aliphatic heterocycles. The summed E-state index contributed by atoms with van der Waals surface area (Å²) < 4.78 is 10.8. The first-order chi connectivity index (χ1) is 29.7. The summed E-state index contributed by atoms with van der Waals surface area (Å²) in [5.74, 6) is 2.32. The van der Waals surface area contributed by atoms with Crippen LogP contribution in [0.15, 0.2) is 188 Å². The fourth-order valence-corrected chi connectivity index (χ4v) is 8.61. The molecule has 296 valence electrons. The second-order valence-corrected chi connectivity index (χ2v) is 17.0. The molecule has 7 aromatic carbocycles. The van der Waals surface area contributed by atoms with Crippen molar-refractivity contribution in [2.75, 3.05) is 0 Å². The molecular formula is C56H46N4O. The van der Waals surface area contributed by atoms with Crippen LogP contribution in [-0.2, 0) is 5.41 Å². The van der Waals surface area contributed by atoms with Gasteiger partial charge in [-0.15, -0.1) is 0 Å². The molecular weight excluding hydrogens is 745 g/mol. The Balaban J connectivity index is 1.000. The number of nitrogens with zero attached hydrogens (tertiary/aromatic N) is 4. The molecule has 10 rings (SSSR count). The average molecular weight is 791 g/mol. The van der Waals surface area contributed by atoms with E-state index in [-0.39, 0.29) is 5.41 Å². The minimum Gasteiger partial charge on any atom is -0.457 e. The lowest BCUT2D eigenvalue weighted by molar-refractivity contribution is 0.483. The summed E-state index contributed by atoms with van der Waals surface area (Å²) in [6.07, 6.45) is 5.91. The van der Waals surface area contributed by atoms with E-state index in [1.165, 1.54) is 49.9 Å². The molecule has 3 heterocycles. The zero-order valence-electron chi connectivity index (χ0n) is 35.1. The molecule has 3 aromatic heterocycles. The van der Waals surface area contributed by atoms with Crippen molar-refractivity contribution in [2.24, 2.45) is 0 Å². The van der Waals surface area contributed by atoms with Crippen molar-refractivity contribution in [3.05, 3.63) is 205 Å². The Morgan fingerprint density at radius 1 is 0.492 bits per heavy atom. The van der Waals surface area contributed by atoms with Crippen LogP contribution in [0.3, 0.4) is 0 Å². The number of ether oxygens (including phenoxy) is 1. The highest BCUT2D eigenvalue weighted by molar-refractivity contribution is 6.10. The Hall–Kier alpha value is -7.50. The van der Waals surface area contributed by atoms with E-state index in [2.05, 4.69) is 185 Å². The second kappa shape index (κ2) is 15.3. The van der Waals surface area contributed by atoms with E-state index < -0.39 is 0 Å². The highest BCUT2D eigenvalue weighted by Gasteiger charge is 2.20. The summed E-state index contributed by atoms with van der Waals surface area (Å²) in [4.78, 5) is 5.02. The quantitative estimate of drug-likeness (QED) is 0.154. The van der Waals surface area contributed by atoms with Crippen molar-refractivity contribution in [3.63, 3.8) is 0 Å². The van der Waals surface area contributed by atoms with Crippen LogP contribution in [0.25, 0.3) is 77.8 Å². The lowest BCUT2D eigenvalue weighted by Crippen LogP contribution is -2.10. The molecule has 0 unspecified atom stereocenters. The van der Waals surface area contributed by atoms with Crippen molar-refractivity contribution >= 4 is 21.8 Å². The van der Waals surface area contributed by atoms with Crippen molar-refractivity contribution in [1.29, 1.82) is 0 Å². The molecule has 5 heteroatoms. The molecule has 0 spiro atoms.